The number of nitrogens with zero attached hydrogens (tertiary/aromatic N) is 3. The molecule has 2 aromatic rings. The molecule has 1 aliphatic heterocycles. The zero-order valence-corrected chi connectivity index (χ0v) is 15.2. The van der Waals surface area contributed by atoms with E-state index in [-0.39, 0.29) is 34.5 Å². The molecule has 0 aromatic carbocycles. The number of amides is 1. The van der Waals surface area contributed by atoms with Crippen LogP contribution in [0, 0.1) is 0 Å². The fraction of sp³-hybridized carbons (Fsp3) is 0.533. The summed E-state index contributed by atoms with van der Waals surface area (Å²) in [6, 6.07) is 2.06. The van der Waals surface area contributed by atoms with Crippen molar-refractivity contribution in [3.8, 4) is 0 Å². The number of nitrogens with one attached hydrogen (secondary N) is 1. The third-order valence-corrected chi connectivity index (χ3v) is 7.13. The van der Waals surface area contributed by atoms with E-state index in [0.29, 0.717) is 12.1 Å². The van der Waals surface area contributed by atoms with Crippen LogP contribution >= 0.6 is 11.8 Å². The molecule has 0 bridgehead atoms. The largest absolute Gasteiger partial charge is 0.324 e. The summed E-state index contributed by atoms with van der Waals surface area (Å²) in [6.07, 6.45) is 3.98. The number of rotatable bonds is 5. The molecule has 1 saturated heterocycles. The molecule has 2 aromatic heterocycles. The molecule has 130 valence electrons. The Morgan fingerprint density at radius 1 is 1.46 bits per heavy atom. The summed E-state index contributed by atoms with van der Waals surface area (Å²) in [5.74, 6) is 0.491. The van der Waals surface area contributed by atoms with Crippen molar-refractivity contribution in [1.29, 1.82) is 0 Å². The average molecular weight is 368 g/mol. The summed E-state index contributed by atoms with van der Waals surface area (Å²) >= 11 is 1.40. The number of anilines is 1. The molecule has 1 fully saturated rings. The van der Waals surface area contributed by atoms with Crippen LogP contribution in [0.15, 0.2) is 18.5 Å². The standard InChI is InChI=1S/C15H20N4O3S2/c1-10(2)19-15-11(6-17-19)5-12(7-16-15)18-14(20)8-23-13-3-4-24(21,22)9-13/h5-7,10,13H,3-4,8-9H2,1-2H3,(H,18,20). The Hall–Kier alpha value is -1.61. The number of carbonyl (C=O) groups excluding carboxylic acids is 1. The van der Waals surface area contributed by atoms with Crippen molar-refractivity contribution >= 4 is 44.2 Å². The number of carbonyl (C=O) groups is 1. The molecule has 1 unspecified atom stereocenters. The van der Waals surface area contributed by atoms with E-state index in [1.807, 2.05) is 24.6 Å². The minimum atomic E-state index is -2.90. The number of hydrogen-bond acceptors (Lipinski definition) is 6. The average Bonchev–Trinajstić information content (AvgIpc) is 3.07. The molecule has 3 rings (SSSR count). The molecule has 7 nitrogen and oxygen atoms in total. The highest BCUT2D eigenvalue weighted by molar-refractivity contribution is 8.02. The number of fused-ring (bicyclic) bond motifs is 1. The van der Waals surface area contributed by atoms with E-state index in [0.717, 1.165) is 11.0 Å². The Morgan fingerprint density at radius 2 is 2.25 bits per heavy atom. The van der Waals surface area contributed by atoms with Crippen molar-refractivity contribution in [3.05, 3.63) is 18.5 Å². The van der Waals surface area contributed by atoms with Crippen LogP contribution < -0.4 is 5.32 Å². The van der Waals surface area contributed by atoms with Gasteiger partial charge in [0, 0.05) is 16.7 Å². The number of pyridine rings is 1. The second kappa shape index (κ2) is 6.72. The highest BCUT2D eigenvalue weighted by Crippen LogP contribution is 2.24. The van der Waals surface area contributed by atoms with Crippen LogP contribution in [0.3, 0.4) is 0 Å². The van der Waals surface area contributed by atoms with Gasteiger partial charge in [0.1, 0.15) is 0 Å². The van der Waals surface area contributed by atoms with Gasteiger partial charge in [-0.05, 0) is 26.3 Å². The molecular weight excluding hydrogens is 348 g/mol. The summed E-state index contributed by atoms with van der Waals surface area (Å²) in [5, 5.41) is 8.00. The molecule has 9 heteroatoms. The van der Waals surface area contributed by atoms with Crippen molar-refractivity contribution in [1.82, 2.24) is 14.8 Å². The zero-order chi connectivity index (χ0) is 17.3. The molecule has 0 saturated carbocycles. The Morgan fingerprint density at radius 3 is 2.92 bits per heavy atom. The Kier molecular flexibility index (Phi) is 4.82. The maximum atomic E-state index is 12.1. The van der Waals surface area contributed by atoms with Crippen LogP contribution in [-0.2, 0) is 14.6 Å². The van der Waals surface area contributed by atoms with Gasteiger partial charge in [-0.2, -0.15) is 5.10 Å². The van der Waals surface area contributed by atoms with Gasteiger partial charge in [0.05, 0.1) is 35.3 Å². The van der Waals surface area contributed by atoms with E-state index in [1.54, 1.807) is 12.4 Å². The molecule has 0 spiro atoms. The quantitative estimate of drug-likeness (QED) is 0.866. The van der Waals surface area contributed by atoms with Crippen molar-refractivity contribution in [2.75, 3.05) is 22.6 Å². The Balaban J connectivity index is 1.59. The maximum absolute atomic E-state index is 12.1. The minimum Gasteiger partial charge on any atom is -0.324 e. The van der Waals surface area contributed by atoms with E-state index in [2.05, 4.69) is 15.4 Å². The second-order valence-corrected chi connectivity index (χ2v) is 9.72. The van der Waals surface area contributed by atoms with Crippen LogP contribution in [0.4, 0.5) is 5.69 Å². The highest BCUT2D eigenvalue weighted by atomic mass is 32.2. The van der Waals surface area contributed by atoms with Gasteiger partial charge in [0.2, 0.25) is 5.91 Å². The number of thioether (sulfide) groups is 1. The van der Waals surface area contributed by atoms with Crippen LogP contribution in [0.25, 0.3) is 11.0 Å². The lowest BCUT2D eigenvalue weighted by Gasteiger charge is -2.09. The lowest BCUT2D eigenvalue weighted by Crippen LogP contribution is -2.17. The summed E-state index contributed by atoms with van der Waals surface area (Å²) in [5.41, 5.74) is 1.41. The van der Waals surface area contributed by atoms with Gasteiger partial charge in [0.25, 0.3) is 0 Å². The van der Waals surface area contributed by atoms with E-state index in [1.165, 1.54) is 11.8 Å². The van der Waals surface area contributed by atoms with Gasteiger partial charge in [-0.1, -0.05) is 0 Å². The molecule has 1 amide bonds. The first kappa shape index (κ1) is 17.2. The topological polar surface area (TPSA) is 94.0 Å². The Bertz CT molecular complexity index is 861. The molecule has 1 N–H and O–H groups in total. The van der Waals surface area contributed by atoms with Gasteiger partial charge in [-0.3, -0.25) is 4.79 Å². The fourth-order valence-electron chi connectivity index (χ4n) is 2.67. The van der Waals surface area contributed by atoms with Crippen LogP contribution in [0.1, 0.15) is 26.3 Å². The van der Waals surface area contributed by atoms with Crippen LogP contribution in [0.2, 0.25) is 0 Å². The first-order valence-electron chi connectivity index (χ1n) is 7.79. The molecule has 3 heterocycles. The molecule has 24 heavy (non-hydrogen) atoms. The predicted molar refractivity (Wildman–Crippen MR) is 96.1 cm³/mol. The van der Waals surface area contributed by atoms with Crippen LogP contribution in [0.5, 0.6) is 0 Å². The maximum Gasteiger partial charge on any atom is 0.234 e. The molecule has 0 aliphatic carbocycles. The van der Waals surface area contributed by atoms with Crippen molar-refractivity contribution in [3.63, 3.8) is 0 Å². The second-order valence-electron chi connectivity index (χ2n) is 6.20. The smallest absolute Gasteiger partial charge is 0.234 e. The predicted octanol–water partition coefficient (Wildman–Crippen LogP) is 1.87. The SMILES string of the molecule is CC(C)n1ncc2cc(NC(=O)CSC3CCS(=O)(=O)C3)cnc21. The summed E-state index contributed by atoms with van der Waals surface area (Å²) < 4.78 is 24.7. The van der Waals surface area contributed by atoms with E-state index >= 15 is 0 Å². The highest BCUT2D eigenvalue weighted by Gasteiger charge is 2.28. The third kappa shape index (κ3) is 3.89. The number of sulfone groups is 1. The normalized spacial score (nSPS) is 19.9. The molecule has 1 atom stereocenters. The van der Waals surface area contributed by atoms with Gasteiger partial charge < -0.3 is 5.32 Å². The van der Waals surface area contributed by atoms with Crippen LogP contribution in [-0.4, -0.2) is 51.6 Å². The lowest BCUT2D eigenvalue weighted by molar-refractivity contribution is -0.113. The summed E-state index contributed by atoms with van der Waals surface area (Å²) in [4.78, 5) is 16.4. The first-order chi connectivity index (χ1) is 11.3. The monoisotopic (exact) mass is 368 g/mol. The van der Waals surface area contributed by atoms with Gasteiger partial charge >= 0.3 is 0 Å². The minimum absolute atomic E-state index is 0.0191. The van der Waals surface area contributed by atoms with Gasteiger partial charge in [-0.15, -0.1) is 11.8 Å². The van der Waals surface area contributed by atoms with Crippen molar-refractivity contribution in [2.45, 2.75) is 31.6 Å². The zero-order valence-electron chi connectivity index (χ0n) is 13.6. The first-order valence-corrected chi connectivity index (χ1v) is 10.7. The molecular formula is C15H20N4O3S2. The Labute approximate surface area is 145 Å². The summed E-state index contributed by atoms with van der Waals surface area (Å²) in [6.45, 7) is 4.06. The summed E-state index contributed by atoms with van der Waals surface area (Å²) in [7, 11) is -2.90. The van der Waals surface area contributed by atoms with Gasteiger partial charge in [0.15, 0.2) is 15.5 Å². The van der Waals surface area contributed by atoms with Crippen molar-refractivity contribution < 1.29 is 13.2 Å². The number of hydrogen-bond donors (Lipinski definition) is 1. The van der Waals surface area contributed by atoms with Gasteiger partial charge in [-0.25, -0.2) is 18.1 Å². The number of aromatic nitrogens is 3. The van der Waals surface area contributed by atoms with Crippen molar-refractivity contribution in [2.24, 2.45) is 0 Å². The fourth-order valence-corrected chi connectivity index (χ4v) is 6.11. The van der Waals surface area contributed by atoms with E-state index in [9.17, 15) is 13.2 Å². The van der Waals surface area contributed by atoms with E-state index in [4.69, 9.17) is 0 Å². The molecule has 0 radical (unpaired) electrons. The molecule has 1 aliphatic rings. The lowest BCUT2D eigenvalue weighted by atomic mass is 10.3. The third-order valence-electron chi connectivity index (χ3n) is 3.85. The van der Waals surface area contributed by atoms with E-state index < -0.39 is 9.84 Å².